The van der Waals surface area contributed by atoms with Gasteiger partial charge < -0.3 is 20.1 Å². The molecule has 1 saturated heterocycles. The molecule has 4 N–H and O–H groups in total. The molecule has 2 aromatic heterocycles. The van der Waals surface area contributed by atoms with Gasteiger partial charge in [-0.2, -0.15) is 10.1 Å². The number of halogens is 2. The highest BCUT2D eigenvalue weighted by atomic mass is 35.5. The Hall–Kier alpha value is -2.60. The molecule has 1 unspecified atom stereocenters. The zero-order valence-electron chi connectivity index (χ0n) is 18.9. The van der Waals surface area contributed by atoms with Crippen molar-refractivity contribution in [1.29, 1.82) is 0 Å². The fourth-order valence-electron chi connectivity index (χ4n) is 4.15. The molecule has 3 heterocycles. The van der Waals surface area contributed by atoms with Crippen LogP contribution in [-0.2, 0) is 11.1 Å². The first kappa shape index (κ1) is 24.5. The van der Waals surface area contributed by atoms with Crippen LogP contribution in [0, 0.1) is 19.7 Å². The van der Waals surface area contributed by atoms with Gasteiger partial charge in [0.1, 0.15) is 10.8 Å². The lowest BCUT2D eigenvalue weighted by Crippen LogP contribution is -2.35. The lowest BCUT2D eigenvalue weighted by molar-refractivity contribution is 0.222. The first-order valence-corrected chi connectivity index (χ1v) is 12.6. The molecule has 1 fully saturated rings. The maximum Gasteiger partial charge on any atom is 0.229 e. The van der Waals surface area contributed by atoms with Crippen molar-refractivity contribution < 1.29 is 13.2 Å². The lowest BCUT2D eigenvalue weighted by Gasteiger charge is -2.32. The van der Waals surface area contributed by atoms with Crippen molar-refractivity contribution in [2.24, 2.45) is 0 Å². The summed E-state index contributed by atoms with van der Waals surface area (Å²) in [5.74, 6) is 1.25. The number of nitrogens with one attached hydrogen (secondary N) is 3. The van der Waals surface area contributed by atoms with Crippen LogP contribution in [0.5, 0.6) is 0 Å². The number of rotatable bonds is 8. The molecule has 1 aromatic carbocycles. The summed E-state index contributed by atoms with van der Waals surface area (Å²) in [6.45, 7) is 6.10. The van der Waals surface area contributed by atoms with Gasteiger partial charge in [0.15, 0.2) is 22.7 Å². The van der Waals surface area contributed by atoms with Gasteiger partial charge in [-0.25, -0.2) is 13.6 Å². The Labute approximate surface area is 204 Å². The van der Waals surface area contributed by atoms with Crippen molar-refractivity contribution in [2.75, 3.05) is 36.0 Å². The van der Waals surface area contributed by atoms with Crippen LogP contribution in [-0.4, -0.2) is 59.2 Å². The van der Waals surface area contributed by atoms with E-state index < -0.39 is 11.1 Å². The molecule has 1 aliphatic rings. The number of hydrogen-bond acceptors (Lipinski definition) is 7. The van der Waals surface area contributed by atoms with Gasteiger partial charge in [0.2, 0.25) is 5.95 Å². The Bertz CT molecular complexity index is 1180. The number of piperidine rings is 1. The van der Waals surface area contributed by atoms with Gasteiger partial charge in [-0.15, -0.1) is 0 Å². The quantitative estimate of drug-likeness (QED) is 0.329. The third kappa shape index (κ3) is 6.09. The van der Waals surface area contributed by atoms with Crippen LogP contribution in [0.25, 0.3) is 0 Å². The smallest absolute Gasteiger partial charge is 0.229 e. The first-order valence-electron chi connectivity index (χ1n) is 11.0. The highest BCUT2D eigenvalue weighted by Crippen LogP contribution is 2.34. The van der Waals surface area contributed by atoms with E-state index in [1.807, 2.05) is 19.9 Å². The van der Waals surface area contributed by atoms with Gasteiger partial charge in [0.05, 0.1) is 17.6 Å². The van der Waals surface area contributed by atoms with Gasteiger partial charge in [0, 0.05) is 18.3 Å². The van der Waals surface area contributed by atoms with E-state index in [4.69, 9.17) is 16.2 Å². The minimum Gasteiger partial charge on any atom is -0.322 e. The molecule has 0 amide bonds. The van der Waals surface area contributed by atoms with Gasteiger partial charge in [-0.05, 0) is 69.0 Å². The molecule has 0 aliphatic carbocycles. The van der Waals surface area contributed by atoms with Crippen molar-refractivity contribution in [3.05, 3.63) is 52.1 Å². The summed E-state index contributed by atoms with van der Waals surface area (Å²) in [5.41, 5.74) is 3.14. The Morgan fingerprint density at radius 2 is 2.03 bits per heavy atom. The predicted molar refractivity (Wildman–Crippen MR) is 132 cm³/mol. The molecule has 1 atom stereocenters. The molecule has 182 valence electrons. The highest BCUT2D eigenvalue weighted by Gasteiger charge is 2.23. The van der Waals surface area contributed by atoms with Crippen LogP contribution in [0.4, 0.5) is 27.7 Å². The molecule has 1 aliphatic heterocycles. The molecule has 0 spiro atoms. The molecular formula is C22H27ClFN7O2S. The largest absolute Gasteiger partial charge is 0.322 e. The number of aromatic nitrogens is 4. The Morgan fingerprint density at radius 1 is 1.26 bits per heavy atom. The van der Waals surface area contributed by atoms with E-state index in [9.17, 15) is 4.21 Å². The maximum absolute atomic E-state index is 15.0. The standard InChI is InChI=1S/C22H27ClFN7O2S/c1-13-9-19(18(24)11-16(13)15-3-5-31(6-4-15)7-8-34(32)33)26-22-25-12-17(23)21(28-22)27-20-10-14(2)29-30-20/h9-12,15H,3-8H2,1-2H3,(H,32,33)(H3,25,26,27,28,29,30). The van der Waals surface area contributed by atoms with E-state index in [-0.39, 0.29) is 29.1 Å². The summed E-state index contributed by atoms with van der Waals surface area (Å²) in [6.07, 6.45) is 3.21. The normalized spacial score (nSPS) is 15.9. The Balaban J connectivity index is 1.44. The van der Waals surface area contributed by atoms with Crippen molar-refractivity contribution in [2.45, 2.75) is 32.6 Å². The fourth-order valence-corrected chi connectivity index (χ4v) is 4.70. The molecule has 4 rings (SSSR count). The van der Waals surface area contributed by atoms with Gasteiger partial charge >= 0.3 is 0 Å². The van der Waals surface area contributed by atoms with Gasteiger partial charge in [-0.3, -0.25) is 5.10 Å². The van der Waals surface area contributed by atoms with Crippen LogP contribution in [0.3, 0.4) is 0 Å². The number of aromatic amines is 1. The second-order valence-electron chi connectivity index (χ2n) is 8.41. The molecular weight excluding hydrogens is 481 g/mol. The molecule has 9 nitrogen and oxygen atoms in total. The second kappa shape index (κ2) is 10.8. The summed E-state index contributed by atoms with van der Waals surface area (Å²) in [4.78, 5) is 10.7. The zero-order chi connectivity index (χ0) is 24.2. The Kier molecular flexibility index (Phi) is 7.77. The van der Waals surface area contributed by atoms with Crippen molar-refractivity contribution in [1.82, 2.24) is 25.1 Å². The van der Waals surface area contributed by atoms with Crippen LogP contribution in [0.15, 0.2) is 24.4 Å². The van der Waals surface area contributed by atoms with Crippen molar-refractivity contribution >= 4 is 46.0 Å². The number of anilines is 4. The molecule has 0 bridgehead atoms. The second-order valence-corrected chi connectivity index (χ2v) is 9.86. The molecule has 34 heavy (non-hydrogen) atoms. The minimum atomic E-state index is -1.78. The van der Waals surface area contributed by atoms with Crippen LogP contribution < -0.4 is 10.6 Å². The highest BCUT2D eigenvalue weighted by molar-refractivity contribution is 7.79. The third-order valence-corrected chi connectivity index (χ3v) is 6.72. The summed E-state index contributed by atoms with van der Waals surface area (Å²) in [5, 5.41) is 13.2. The number of benzene rings is 1. The van der Waals surface area contributed by atoms with Gasteiger partial charge in [0.25, 0.3) is 0 Å². The number of H-pyrrole nitrogens is 1. The molecule has 3 aromatic rings. The minimum absolute atomic E-state index is 0.208. The van der Waals surface area contributed by atoms with E-state index in [2.05, 4.69) is 35.7 Å². The number of aryl methyl sites for hydroxylation is 2. The zero-order valence-corrected chi connectivity index (χ0v) is 20.5. The summed E-state index contributed by atoms with van der Waals surface area (Å²) in [6, 6.07) is 5.17. The summed E-state index contributed by atoms with van der Waals surface area (Å²) >= 11 is 4.43. The molecule has 0 saturated carbocycles. The fraction of sp³-hybridized carbons (Fsp3) is 0.409. The third-order valence-electron chi connectivity index (χ3n) is 5.91. The topological polar surface area (TPSA) is 119 Å². The van der Waals surface area contributed by atoms with Crippen LogP contribution >= 0.6 is 11.6 Å². The van der Waals surface area contributed by atoms with Crippen molar-refractivity contribution in [3.8, 4) is 0 Å². The molecule has 0 radical (unpaired) electrons. The van der Waals surface area contributed by atoms with E-state index in [0.29, 0.717) is 23.2 Å². The number of likely N-dealkylation sites (tertiary alicyclic amines) is 1. The van der Waals surface area contributed by atoms with E-state index in [1.54, 1.807) is 12.1 Å². The van der Waals surface area contributed by atoms with Crippen LogP contribution in [0.1, 0.15) is 35.6 Å². The maximum atomic E-state index is 15.0. The average Bonchev–Trinajstić information content (AvgIpc) is 3.21. The predicted octanol–water partition coefficient (Wildman–Crippen LogP) is 4.50. The molecule has 12 heteroatoms. The number of hydrogen-bond donors (Lipinski definition) is 4. The van der Waals surface area contributed by atoms with E-state index in [1.165, 1.54) is 6.20 Å². The average molecular weight is 508 g/mol. The van der Waals surface area contributed by atoms with Crippen LogP contribution in [0.2, 0.25) is 5.02 Å². The number of nitrogens with zero attached hydrogens (tertiary/aromatic N) is 4. The summed E-state index contributed by atoms with van der Waals surface area (Å²) in [7, 11) is 0. The van der Waals surface area contributed by atoms with Crippen molar-refractivity contribution in [3.63, 3.8) is 0 Å². The Morgan fingerprint density at radius 3 is 2.71 bits per heavy atom. The first-order chi connectivity index (χ1) is 16.3. The van der Waals surface area contributed by atoms with E-state index >= 15 is 4.39 Å². The SMILES string of the molecule is Cc1cc(Nc2nc(Nc3cc(C)c(C4CCN(CCS(=O)O)CC4)cc3F)ncc2Cl)n[nH]1. The van der Waals surface area contributed by atoms with Gasteiger partial charge in [-0.1, -0.05) is 11.6 Å². The lowest BCUT2D eigenvalue weighted by atomic mass is 9.86. The monoisotopic (exact) mass is 507 g/mol. The van der Waals surface area contributed by atoms with E-state index in [0.717, 1.165) is 42.8 Å². The summed E-state index contributed by atoms with van der Waals surface area (Å²) < 4.78 is 34.9.